The lowest BCUT2D eigenvalue weighted by atomic mass is 9.81. The minimum absolute atomic E-state index is 0.765. The summed E-state index contributed by atoms with van der Waals surface area (Å²) in [6.45, 7) is 3.36. The summed E-state index contributed by atoms with van der Waals surface area (Å²) >= 11 is 5.29. The number of nitrogens with one attached hydrogen (secondary N) is 1. The molecule has 2 atom stereocenters. The van der Waals surface area contributed by atoms with Gasteiger partial charge in [0.05, 0.1) is 3.79 Å². The molecule has 2 unspecified atom stereocenters. The van der Waals surface area contributed by atoms with Crippen LogP contribution in [0.3, 0.4) is 0 Å². The molecule has 1 heterocycles. The number of hydrogen-bond donors (Lipinski definition) is 1. The van der Waals surface area contributed by atoms with Gasteiger partial charge in [0.25, 0.3) is 0 Å². The van der Waals surface area contributed by atoms with Gasteiger partial charge in [-0.3, -0.25) is 0 Å². The topological polar surface area (TPSA) is 12.0 Å². The zero-order valence-corrected chi connectivity index (χ0v) is 10.1. The zero-order valence-electron chi connectivity index (χ0n) is 7.72. The third kappa shape index (κ3) is 2.33. The highest BCUT2D eigenvalue weighted by Gasteiger charge is 2.25. The van der Waals surface area contributed by atoms with E-state index in [1.807, 2.05) is 11.3 Å². The summed E-state index contributed by atoms with van der Waals surface area (Å²) in [6.07, 6.45) is 2.75. The molecular formula is C10H14BrNS. The summed E-state index contributed by atoms with van der Waals surface area (Å²) in [5, 5.41) is 3.59. The minimum atomic E-state index is 0.765. The second-order valence-electron chi connectivity index (χ2n) is 3.75. The van der Waals surface area contributed by atoms with Gasteiger partial charge in [0, 0.05) is 17.5 Å². The molecule has 3 heteroatoms. The van der Waals surface area contributed by atoms with Gasteiger partial charge in [-0.2, -0.15) is 0 Å². The Bertz CT molecular complexity index is 284. The molecule has 1 saturated carbocycles. The van der Waals surface area contributed by atoms with E-state index in [0.29, 0.717) is 0 Å². The molecule has 2 rings (SSSR count). The van der Waals surface area contributed by atoms with E-state index in [9.17, 15) is 0 Å². The molecule has 0 radical (unpaired) electrons. The maximum atomic E-state index is 3.59. The molecule has 1 aromatic heterocycles. The molecule has 1 nitrogen and oxygen atoms in total. The van der Waals surface area contributed by atoms with Crippen LogP contribution < -0.4 is 5.32 Å². The second-order valence-corrected chi connectivity index (χ2v) is 6.30. The fraction of sp³-hybridized carbons (Fsp3) is 0.600. The average Bonchev–Trinajstić information content (AvgIpc) is 2.49. The number of halogens is 1. The Morgan fingerprint density at radius 2 is 2.38 bits per heavy atom. The summed E-state index contributed by atoms with van der Waals surface area (Å²) in [7, 11) is 0. The number of rotatable bonds is 3. The Kier molecular flexibility index (Phi) is 3.06. The van der Waals surface area contributed by atoms with Crippen molar-refractivity contribution in [1.29, 1.82) is 0 Å². The number of thiophene rings is 1. The normalized spacial score (nSPS) is 27.2. The Morgan fingerprint density at radius 3 is 2.85 bits per heavy atom. The van der Waals surface area contributed by atoms with Crippen molar-refractivity contribution in [3.05, 3.63) is 20.8 Å². The molecule has 1 fully saturated rings. The summed E-state index contributed by atoms with van der Waals surface area (Å²) in [5.41, 5.74) is 0. The van der Waals surface area contributed by atoms with Crippen molar-refractivity contribution in [2.75, 3.05) is 0 Å². The van der Waals surface area contributed by atoms with E-state index >= 15 is 0 Å². The fourth-order valence-corrected chi connectivity index (χ4v) is 3.08. The maximum Gasteiger partial charge on any atom is 0.0701 e. The molecule has 1 N–H and O–H groups in total. The van der Waals surface area contributed by atoms with Crippen LogP contribution in [0, 0.1) is 5.92 Å². The smallest absolute Gasteiger partial charge is 0.0701 e. The van der Waals surface area contributed by atoms with Gasteiger partial charge in [-0.05, 0) is 46.8 Å². The van der Waals surface area contributed by atoms with Gasteiger partial charge in [-0.1, -0.05) is 6.92 Å². The molecule has 0 aliphatic heterocycles. The molecule has 0 spiro atoms. The standard InChI is InChI=1S/C10H14BrNS/c1-7-2-4-9(7)12-6-8-3-5-10(11)13-8/h3,5,7,9,12H,2,4,6H2,1H3. The van der Waals surface area contributed by atoms with Crippen LogP contribution in [0.25, 0.3) is 0 Å². The van der Waals surface area contributed by atoms with E-state index in [1.165, 1.54) is 21.5 Å². The Labute approximate surface area is 91.7 Å². The lowest BCUT2D eigenvalue weighted by Crippen LogP contribution is -2.41. The molecule has 0 aromatic carbocycles. The van der Waals surface area contributed by atoms with Gasteiger partial charge in [0.2, 0.25) is 0 Å². The van der Waals surface area contributed by atoms with Crippen LogP contribution in [-0.2, 0) is 6.54 Å². The quantitative estimate of drug-likeness (QED) is 0.878. The first-order valence-electron chi connectivity index (χ1n) is 4.73. The van der Waals surface area contributed by atoms with Gasteiger partial charge in [0.15, 0.2) is 0 Å². The van der Waals surface area contributed by atoms with E-state index in [-0.39, 0.29) is 0 Å². The van der Waals surface area contributed by atoms with E-state index in [4.69, 9.17) is 0 Å². The maximum absolute atomic E-state index is 3.59. The molecule has 1 aromatic rings. The van der Waals surface area contributed by atoms with Crippen LogP contribution in [0.5, 0.6) is 0 Å². The van der Waals surface area contributed by atoms with Gasteiger partial charge < -0.3 is 5.32 Å². The van der Waals surface area contributed by atoms with Crippen molar-refractivity contribution in [3.8, 4) is 0 Å². The Hall–Kier alpha value is 0.140. The van der Waals surface area contributed by atoms with Crippen LogP contribution in [0.1, 0.15) is 24.6 Å². The van der Waals surface area contributed by atoms with Gasteiger partial charge >= 0.3 is 0 Å². The highest BCUT2D eigenvalue weighted by Crippen LogP contribution is 2.27. The van der Waals surface area contributed by atoms with Crippen molar-refractivity contribution in [3.63, 3.8) is 0 Å². The van der Waals surface area contributed by atoms with Crippen molar-refractivity contribution in [2.24, 2.45) is 5.92 Å². The first-order chi connectivity index (χ1) is 6.25. The monoisotopic (exact) mass is 259 g/mol. The number of hydrogen-bond acceptors (Lipinski definition) is 2. The molecule has 72 valence electrons. The van der Waals surface area contributed by atoms with E-state index in [1.54, 1.807) is 0 Å². The molecule has 0 amide bonds. The lowest BCUT2D eigenvalue weighted by molar-refractivity contribution is 0.229. The Morgan fingerprint density at radius 1 is 1.54 bits per heavy atom. The minimum Gasteiger partial charge on any atom is -0.309 e. The van der Waals surface area contributed by atoms with E-state index in [0.717, 1.165) is 18.5 Å². The molecule has 0 saturated heterocycles. The summed E-state index contributed by atoms with van der Waals surface area (Å²) in [6, 6.07) is 5.07. The van der Waals surface area contributed by atoms with Crippen molar-refractivity contribution in [2.45, 2.75) is 32.4 Å². The molecular weight excluding hydrogens is 246 g/mol. The fourth-order valence-electron chi connectivity index (χ4n) is 1.65. The average molecular weight is 260 g/mol. The largest absolute Gasteiger partial charge is 0.309 e. The highest BCUT2D eigenvalue weighted by atomic mass is 79.9. The first kappa shape index (κ1) is 9.69. The summed E-state index contributed by atoms with van der Waals surface area (Å²) < 4.78 is 1.23. The first-order valence-corrected chi connectivity index (χ1v) is 6.34. The molecule has 13 heavy (non-hydrogen) atoms. The highest BCUT2D eigenvalue weighted by molar-refractivity contribution is 9.11. The third-order valence-electron chi connectivity index (χ3n) is 2.79. The summed E-state index contributed by atoms with van der Waals surface area (Å²) in [4.78, 5) is 1.42. The zero-order chi connectivity index (χ0) is 9.26. The van der Waals surface area contributed by atoms with Gasteiger partial charge in [-0.25, -0.2) is 0 Å². The van der Waals surface area contributed by atoms with Crippen LogP contribution in [-0.4, -0.2) is 6.04 Å². The SMILES string of the molecule is CC1CCC1NCc1ccc(Br)s1. The van der Waals surface area contributed by atoms with Crippen LogP contribution in [0.4, 0.5) is 0 Å². The molecule has 0 bridgehead atoms. The van der Waals surface area contributed by atoms with Gasteiger partial charge in [-0.15, -0.1) is 11.3 Å². The van der Waals surface area contributed by atoms with Crippen molar-refractivity contribution in [1.82, 2.24) is 5.32 Å². The van der Waals surface area contributed by atoms with Crippen LogP contribution >= 0.6 is 27.3 Å². The molecule has 1 aliphatic rings. The predicted molar refractivity (Wildman–Crippen MR) is 61.0 cm³/mol. The van der Waals surface area contributed by atoms with Gasteiger partial charge in [0.1, 0.15) is 0 Å². The lowest BCUT2D eigenvalue weighted by Gasteiger charge is -2.34. The van der Waals surface area contributed by atoms with Crippen molar-refractivity contribution >= 4 is 27.3 Å². The Balaban J connectivity index is 1.79. The second kappa shape index (κ2) is 4.11. The third-order valence-corrected chi connectivity index (χ3v) is 4.41. The van der Waals surface area contributed by atoms with Crippen LogP contribution in [0.15, 0.2) is 15.9 Å². The predicted octanol–water partition coefficient (Wildman–Crippen LogP) is 3.40. The summed E-state index contributed by atoms with van der Waals surface area (Å²) in [5.74, 6) is 0.878. The van der Waals surface area contributed by atoms with Crippen molar-refractivity contribution < 1.29 is 0 Å². The van der Waals surface area contributed by atoms with E-state index < -0.39 is 0 Å². The van der Waals surface area contributed by atoms with Crippen LogP contribution in [0.2, 0.25) is 0 Å². The molecule has 1 aliphatic carbocycles. The van der Waals surface area contributed by atoms with E-state index in [2.05, 4.69) is 40.3 Å².